The molecule has 1 aliphatic heterocycles. The van der Waals surface area contributed by atoms with E-state index in [-0.39, 0.29) is 0 Å². The van der Waals surface area contributed by atoms with Crippen LogP contribution in [0.1, 0.15) is 19.2 Å². The summed E-state index contributed by atoms with van der Waals surface area (Å²) in [6.45, 7) is 4.97. The molecule has 3 rings (SSSR count). The third-order valence-electron chi connectivity index (χ3n) is 3.01. The molecule has 0 saturated carbocycles. The Morgan fingerprint density at radius 2 is 2.24 bits per heavy atom. The molecule has 0 saturated heterocycles. The summed E-state index contributed by atoms with van der Waals surface area (Å²) in [4.78, 5) is 11.2. The van der Waals surface area contributed by atoms with Crippen LogP contribution in [0.5, 0.6) is 0 Å². The molecule has 1 aliphatic rings. The van der Waals surface area contributed by atoms with Crippen molar-refractivity contribution in [2.75, 3.05) is 19.6 Å². The van der Waals surface area contributed by atoms with Crippen LogP contribution in [0.25, 0.3) is 11.1 Å². The predicted octanol–water partition coefficient (Wildman–Crippen LogP) is 2.30. The molecule has 0 amide bonds. The van der Waals surface area contributed by atoms with Crippen molar-refractivity contribution in [3.63, 3.8) is 0 Å². The number of benzene rings is 1. The molecule has 0 atom stereocenters. The van der Waals surface area contributed by atoms with Crippen molar-refractivity contribution in [3.8, 4) is 0 Å². The molecule has 2 heterocycles. The number of nitrogens with zero attached hydrogens (tertiary/aromatic N) is 3. The van der Waals surface area contributed by atoms with E-state index in [0.717, 1.165) is 43.0 Å². The van der Waals surface area contributed by atoms with Crippen LogP contribution in [-0.4, -0.2) is 35.4 Å². The molecule has 0 aliphatic carbocycles. The number of fused-ring (bicyclic) bond motifs is 1. The van der Waals surface area contributed by atoms with Gasteiger partial charge >= 0.3 is 0 Å². The normalized spacial score (nSPS) is 16.3. The van der Waals surface area contributed by atoms with Crippen LogP contribution in [0.15, 0.2) is 33.7 Å². The summed E-state index contributed by atoms with van der Waals surface area (Å²) in [7, 11) is 0. The van der Waals surface area contributed by atoms with Crippen LogP contribution in [0, 0.1) is 0 Å². The van der Waals surface area contributed by atoms with Crippen molar-refractivity contribution in [1.82, 2.24) is 9.88 Å². The lowest BCUT2D eigenvalue weighted by atomic mass is 10.3. The largest absolute Gasteiger partial charge is 0.434 e. The number of hydrogen-bond acceptors (Lipinski definition) is 4. The molecule has 0 fully saturated rings. The van der Waals surface area contributed by atoms with Crippen molar-refractivity contribution >= 4 is 16.9 Å². The van der Waals surface area contributed by atoms with E-state index < -0.39 is 0 Å². The zero-order chi connectivity index (χ0) is 11.7. The van der Waals surface area contributed by atoms with Gasteiger partial charge in [-0.15, -0.1) is 0 Å². The van der Waals surface area contributed by atoms with E-state index in [9.17, 15) is 0 Å². The minimum atomic E-state index is 0.646. The zero-order valence-electron chi connectivity index (χ0n) is 9.89. The highest BCUT2D eigenvalue weighted by Crippen LogP contribution is 2.18. The summed E-state index contributed by atoms with van der Waals surface area (Å²) < 4.78 is 5.76. The van der Waals surface area contributed by atoms with Gasteiger partial charge < -0.3 is 9.32 Å². The lowest BCUT2D eigenvalue weighted by Crippen LogP contribution is -2.36. The van der Waals surface area contributed by atoms with Crippen LogP contribution in [0.2, 0.25) is 0 Å². The smallest absolute Gasteiger partial charge is 0.263 e. The van der Waals surface area contributed by atoms with E-state index in [1.807, 2.05) is 24.3 Å². The van der Waals surface area contributed by atoms with Crippen molar-refractivity contribution < 1.29 is 4.42 Å². The molecule has 0 bridgehead atoms. The monoisotopic (exact) mass is 229 g/mol. The Bertz CT molecular complexity index is 526. The first-order valence-electron chi connectivity index (χ1n) is 6.04. The van der Waals surface area contributed by atoms with Gasteiger partial charge in [0.1, 0.15) is 5.52 Å². The number of oxazole rings is 1. The van der Waals surface area contributed by atoms with Crippen LogP contribution in [0.4, 0.5) is 0 Å². The topological polar surface area (TPSA) is 41.6 Å². The molecule has 0 radical (unpaired) electrons. The highest BCUT2D eigenvalue weighted by Gasteiger charge is 2.20. The predicted molar refractivity (Wildman–Crippen MR) is 67.3 cm³/mol. The van der Waals surface area contributed by atoms with Crippen molar-refractivity contribution in [2.24, 2.45) is 4.99 Å². The van der Waals surface area contributed by atoms with Gasteiger partial charge in [0.15, 0.2) is 11.4 Å². The first-order valence-corrected chi connectivity index (χ1v) is 6.04. The maximum atomic E-state index is 5.76. The van der Waals surface area contributed by atoms with Gasteiger partial charge in [0.2, 0.25) is 0 Å². The van der Waals surface area contributed by atoms with Crippen molar-refractivity contribution in [3.05, 3.63) is 30.2 Å². The average Bonchev–Trinajstić information content (AvgIpc) is 2.82. The Balaban J connectivity index is 2.05. The molecule has 0 spiro atoms. The van der Waals surface area contributed by atoms with Gasteiger partial charge in [0.05, 0.1) is 0 Å². The molecule has 1 aromatic heterocycles. The second-order valence-corrected chi connectivity index (χ2v) is 4.13. The van der Waals surface area contributed by atoms with Gasteiger partial charge in [0, 0.05) is 19.6 Å². The highest BCUT2D eigenvalue weighted by molar-refractivity contribution is 5.97. The average molecular weight is 229 g/mol. The molecule has 0 N–H and O–H groups in total. The maximum absolute atomic E-state index is 5.76. The third-order valence-corrected chi connectivity index (χ3v) is 3.01. The van der Waals surface area contributed by atoms with Gasteiger partial charge in [-0.25, -0.2) is 4.98 Å². The number of amidine groups is 1. The van der Waals surface area contributed by atoms with E-state index in [1.54, 1.807) is 0 Å². The Labute approximate surface area is 100.0 Å². The Morgan fingerprint density at radius 3 is 3.06 bits per heavy atom. The number of aliphatic imine (C=N–C) groups is 1. The third kappa shape index (κ3) is 1.79. The number of aromatic nitrogens is 1. The lowest BCUT2D eigenvalue weighted by molar-refractivity contribution is 0.401. The summed E-state index contributed by atoms with van der Waals surface area (Å²) in [5, 5.41) is 0. The molecular formula is C13H15N3O. The first-order chi connectivity index (χ1) is 8.38. The minimum Gasteiger partial charge on any atom is -0.434 e. The van der Waals surface area contributed by atoms with Crippen molar-refractivity contribution in [1.29, 1.82) is 0 Å². The van der Waals surface area contributed by atoms with Crippen LogP contribution in [-0.2, 0) is 0 Å². The molecule has 0 unspecified atom stereocenters. The fourth-order valence-corrected chi connectivity index (χ4v) is 2.13. The second kappa shape index (κ2) is 4.20. The second-order valence-electron chi connectivity index (χ2n) is 4.13. The molecule has 88 valence electrons. The standard InChI is InChI=1S/C13H15N3O/c1-2-16-9-5-8-14-12(16)13-15-10-6-3-4-7-11(10)17-13/h3-4,6-7H,2,5,8-9H2,1H3. The fourth-order valence-electron chi connectivity index (χ4n) is 2.13. The van der Waals surface area contributed by atoms with Gasteiger partial charge in [-0.05, 0) is 25.5 Å². The minimum absolute atomic E-state index is 0.646. The summed E-state index contributed by atoms with van der Waals surface area (Å²) in [5.41, 5.74) is 1.72. The number of hydrogen-bond donors (Lipinski definition) is 0. The lowest BCUT2D eigenvalue weighted by Gasteiger charge is -2.25. The van der Waals surface area contributed by atoms with E-state index in [4.69, 9.17) is 4.42 Å². The molecule has 4 nitrogen and oxygen atoms in total. The van der Waals surface area contributed by atoms with Gasteiger partial charge in [-0.2, -0.15) is 0 Å². The SMILES string of the molecule is CCN1CCCN=C1c1nc2ccccc2o1. The van der Waals surface area contributed by atoms with E-state index in [2.05, 4.69) is 21.8 Å². The summed E-state index contributed by atoms with van der Waals surface area (Å²) in [6, 6.07) is 7.82. The molecule has 1 aromatic carbocycles. The first kappa shape index (κ1) is 10.3. The molecule has 17 heavy (non-hydrogen) atoms. The van der Waals surface area contributed by atoms with Crippen molar-refractivity contribution in [2.45, 2.75) is 13.3 Å². The number of para-hydroxylation sites is 2. The van der Waals surface area contributed by atoms with Gasteiger partial charge in [0.25, 0.3) is 5.89 Å². The molecular weight excluding hydrogens is 214 g/mol. The summed E-state index contributed by atoms with van der Waals surface area (Å²) >= 11 is 0. The van der Waals surface area contributed by atoms with Crippen LogP contribution >= 0.6 is 0 Å². The van der Waals surface area contributed by atoms with E-state index in [1.165, 1.54) is 0 Å². The van der Waals surface area contributed by atoms with E-state index >= 15 is 0 Å². The van der Waals surface area contributed by atoms with Gasteiger partial charge in [-0.1, -0.05) is 12.1 Å². The Kier molecular flexibility index (Phi) is 2.55. The van der Waals surface area contributed by atoms with Gasteiger partial charge in [-0.3, -0.25) is 4.99 Å². The van der Waals surface area contributed by atoms with E-state index in [0.29, 0.717) is 5.89 Å². The van der Waals surface area contributed by atoms with Crippen LogP contribution in [0.3, 0.4) is 0 Å². The maximum Gasteiger partial charge on any atom is 0.263 e. The fraction of sp³-hybridized carbons (Fsp3) is 0.385. The summed E-state index contributed by atoms with van der Waals surface area (Å²) in [6.07, 6.45) is 1.11. The highest BCUT2D eigenvalue weighted by atomic mass is 16.3. The molecule has 2 aromatic rings. The van der Waals surface area contributed by atoms with Crippen LogP contribution < -0.4 is 0 Å². The number of rotatable bonds is 2. The quantitative estimate of drug-likeness (QED) is 0.793. The zero-order valence-corrected chi connectivity index (χ0v) is 9.89. The Morgan fingerprint density at radius 1 is 1.35 bits per heavy atom. The Hall–Kier alpha value is -1.84. The summed E-state index contributed by atoms with van der Waals surface area (Å²) in [5.74, 6) is 1.54. The molecule has 4 heteroatoms.